The Morgan fingerprint density at radius 2 is 2.15 bits per heavy atom. The minimum Gasteiger partial charge on any atom is -0.387 e. The number of hydrogen-bond donors (Lipinski definition) is 1. The molecule has 0 bridgehead atoms. The van der Waals surface area contributed by atoms with E-state index < -0.39 is 0 Å². The molecule has 2 nitrogen and oxygen atoms in total. The van der Waals surface area contributed by atoms with Crippen LogP contribution in [0.1, 0.15) is 42.5 Å². The number of hydrogen-bond acceptors (Lipinski definition) is 3. The second-order valence-corrected chi connectivity index (χ2v) is 8.30. The van der Waals surface area contributed by atoms with Crippen molar-refractivity contribution in [1.82, 2.24) is 4.98 Å². The van der Waals surface area contributed by atoms with Gasteiger partial charge in [-0.25, -0.2) is 4.98 Å². The zero-order valence-electron chi connectivity index (χ0n) is 11.9. The van der Waals surface area contributed by atoms with Crippen molar-refractivity contribution in [3.63, 3.8) is 0 Å². The summed E-state index contributed by atoms with van der Waals surface area (Å²) in [6, 6.07) is 6.25. The van der Waals surface area contributed by atoms with Gasteiger partial charge in [-0.3, -0.25) is 0 Å². The molecule has 0 fully saturated rings. The summed E-state index contributed by atoms with van der Waals surface area (Å²) >= 11 is 5.13. The summed E-state index contributed by atoms with van der Waals surface area (Å²) in [5, 5.41) is 11.4. The molecule has 1 aliphatic carbocycles. The van der Waals surface area contributed by atoms with E-state index in [2.05, 4.69) is 48.8 Å². The lowest BCUT2D eigenvalue weighted by Crippen LogP contribution is -2.24. The Morgan fingerprint density at radius 3 is 2.85 bits per heavy atom. The molecule has 1 unspecified atom stereocenters. The second kappa shape index (κ2) is 4.93. The van der Waals surface area contributed by atoms with Crippen molar-refractivity contribution < 1.29 is 5.11 Å². The number of halogens is 1. The van der Waals surface area contributed by atoms with Crippen LogP contribution in [-0.2, 0) is 6.42 Å². The first kappa shape index (κ1) is 14.2. The van der Waals surface area contributed by atoms with Crippen LogP contribution in [0, 0.1) is 12.3 Å². The molecule has 2 aromatic rings. The molecule has 106 valence electrons. The van der Waals surface area contributed by atoms with E-state index in [1.54, 1.807) is 11.3 Å². The molecule has 0 spiro atoms. The van der Waals surface area contributed by atoms with Crippen LogP contribution in [0.15, 0.2) is 22.7 Å². The summed E-state index contributed by atoms with van der Waals surface area (Å²) in [7, 11) is 0. The van der Waals surface area contributed by atoms with Crippen molar-refractivity contribution in [2.75, 3.05) is 0 Å². The Balaban J connectivity index is 2.06. The van der Waals surface area contributed by atoms with Gasteiger partial charge >= 0.3 is 0 Å². The number of aromatic nitrogens is 1. The van der Waals surface area contributed by atoms with Crippen LogP contribution in [0.3, 0.4) is 0 Å². The molecule has 1 heterocycles. The maximum absolute atomic E-state index is 10.3. The van der Waals surface area contributed by atoms with E-state index >= 15 is 0 Å². The average molecular weight is 352 g/mol. The normalized spacial score (nSPS) is 20.8. The average Bonchev–Trinajstić information content (AvgIpc) is 2.70. The Bertz CT molecular complexity index is 662. The number of fused-ring (bicyclic) bond motifs is 1. The van der Waals surface area contributed by atoms with Crippen molar-refractivity contribution in [3.8, 4) is 10.6 Å². The number of rotatable bonds is 1. The van der Waals surface area contributed by atoms with Gasteiger partial charge < -0.3 is 5.11 Å². The molecule has 0 saturated heterocycles. The van der Waals surface area contributed by atoms with E-state index in [9.17, 15) is 5.11 Å². The Kier molecular flexibility index (Phi) is 3.51. The first-order valence-electron chi connectivity index (χ1n) is 6.80. The molecule has 0 amide bonds. The molecule has 0 radical (unpaired) electrons. The van der Waals surface area contributed by atoms with Crippen LogP contribution in [0.4, 0.5) is 0 Å². The molecule has 1 aromatic carbocycles. The van der Waals surface area contributed by atoms with Gasteiger partial charge in [0.25, 0.3) is 0 Å². The van der Waals surface area contributed by atoms with Gasteiger partial charge in [-0.15, -0.1) is 11.3 Å². The van der Waals surface area contributed by atoms with E-state index in [1.165, 1.54) is 5.56 Å². The number of benzene rings is 1. The zero-order chi connectivity index (χ0) is 14.5. The highest BCUT2D eigenvalue weighted by atomic mass is 79.9. The van der Waals surface area contributed by atoms with Gasteiger partial charge in [-0.1, -0.05) is 35.8 Å². The fourth-order valence-corrected chi connectivity index (χ4v) is 4.51. The number of aliphatic hydroxyl groups is 1. The molecule has 20 heavy (non-hydrogen) atoms. The Hall–Kier alpha value is -0.710. The lowest BCUT2D eigenvalue weighted by atomic mass is 9.77. The highest BCUT2D eigenvalue weighted by Crippen LogP contribution is 2.45. The van der Waals surface area contributed by atoms with Gasteiger partial charge in [-0.2, -0.15) is 0 Å². The first-order valence-corrected chi connectivity index (χ1v) is 8.41. The highest BCUT2D eigenvalue weighted by Gasteiger charge is 2.34. The summed E-state index contributed by atoms with van der Waals surface area (Å²) in [4.78, 5) is 5.86. The topological polar surface area (TPSA) is 33.1 Å². The quantitative estimate of drug-likeness (QED) is 0.793. The molecular weight excluding hydrogens is 334 g/mol. The monoisotopic (exact) mass is 351 g/mol. The lowest BCUT2D eigenvalue weighted by molar-refractivity contribution is 0.102. The van der Waals surface area contributed by atoms with Gasteiger partial charge in [0.15, 0.2) is 0 Å². The van der Waals surface area contributed by atoms with E-state index in [4.69, 9.17) is 4.98 Å². The molecule has 4 heteroatoms. The third-order valence-corrected chi connectivity index (χ3v) is 5.57. The maximum atomic E-state index is 10.3. The van der Waals surface area contributed by atoms with Gasteiger partial charge in [-0.05, 0) is 42.9 Å². The molecule has 0 aliphatic heterocycles. The molecule has 3 rings (SSSR count). The largest absolute Gasteiger partial charge is 0.387 e. The van der Waals surface area contributed by atoms with E-state index in [0.717, 1.165) is 38.5 Å². The number of aliphatic hydroxyl groups excluding tert-OH is 1. The fraction of sp³-hybridized carbons (Fsp3) is 0.438. The van der Waals surface area contributed by atoms with Crippen LogP contribution in [0.25, 0.3) is 10.6 Å². The fourth-order valence-electron chi connectivity index (χ4n) is 2.87. The smallest absolute Gasteiger partial charge is 0.124 e. The summed E-state index contributed by atoms with van der Waals surface area (Å²) < 4.78 is 1.08. The molecular formula is C16H18BrNOS. The summed E-state index contributed by atoms with van der Waals surface area (Å²) in [6.45, 7) is 6.49. The number of aryl methyl sites for hydroxylation is 1. The van der Waals surface area contributed by atoms with Gasteiger partial charge in [0.05, 0.1) is 16.7 Å². The van der Waals surface area contributed by atoms with Crippen molar-refractivity contribution in [2.45, 2.75) is 39.7 Å². The van der Waals surface area contributed by atoms with Gasteiger partial charge in [0, 0.05) is 10.0 Å². The van der Waals surface area contributed by atoms with Crippen molar-refractivity contribution in [1.29, 1.82) is 0 Å². The van der Waals surface area contributed by atoms with Crippen LogP contribution in [-0.4, -0.2) is 10.1 Å². The van der Waals surface area contributed by atoms with E-state index in [0.29, 0.717) is 0 Å². The van der Waals surface area contributed by atoms with E-state index in [-0.39, 0.29) is 11.5 Å². The highest BCUT2D eigenvalue weighted by molar-refractivity contribution is 9.10. The van der Waals surface area contributed by atoms with Crippen LogP contribution >= 0.6 is 27.3 Å². The minimum absolute atomic E-state index is 0.131. The van der Waals surface area contributed by atoms with Crippen LogP contribution in [0.5, 0.6) is 0 Å². The molecule has 1 aliphatic rings. The Labute approximate surface area is 132 Å². The lowest BCUT2D eigenvalue weighted by Gasteiger charge is -2.31. The number of nitrogens with zero attached hydrogens (tertiary/aromatic N) is 1. The third-order valence-electron chi connectivity index (χ3n) is 3.84. The predicted octanol–water partition coefficient (Wildman–Crippen LogP) is 4.89. The second-order valence-electron chi connectivity index (χ2n) is 6.35. The predicted molar refractivity (Wildman–Crippen MR) is 87.0 cm³/mol. The SMILES string of the molecule is Cc1cc(Br)ccc1-c1nc2c(s1)C(O)CC(C)(C)C2. The number of thiazole rings is 1. The maximum Gasteiger partial charge on any atom is 0.124 e. The summed E-state index contributed by atoms with van der Waals surface area (Å²) in [6.07, 6.45) is 1.41. The van der Waals surface area contributed by atoms with Crippen LogP contribution < -0.4 is 0 Å². The first-order chi connectivity index (χ1) is 9.35. The van der Waals surface area contributed by atoms with E-state index in [1.807, 2.05) is 6.07 Å². The summed E-state index contributed by atoms with van der Waals surface area (Å²) in [5.41, 5.74) is 3.58. The minimum atomic E-state index is -0.365. The van der Waals surface area contributed by atoms with Gasteiger partial charge in [0.2, 0.25) is 0 Å². The molecule has 1 atom stereocenters. The molecule has 1 N–H and O–H groups in total. The van der Waals surface area contributed by atoms with Crippen molar-refractivity contribution >= 4 is 27.3 Å². The standard InChI is InChI=1S/C16H18BrNOS/c1-9-6-10(17)4-5-11(9)15-18-12-7-16(2,3)8-13(19)14(12)20-15/h4-6,13,19H,7-8H2,1-3H3. The van der Waals surface area contributed by atoms with Crippen molar-refractivity contribution in [2.24, 2.45) is 5.41 Å². The molecule has 1 aromatic heterocycles. The Morgan fingerprint density at radius 1 is 1.40 bits per heavy atom. The third kappa shape index (κ3) is 2.57. The molecule has 0 saturated carbocycles. The van der Waals surface area contributed by atoms with Crippen molar-refractivity contribution in [3.05, 3.63) is 38.8 Å². The zero-order valence-corrected chi connectivity index (χ0v) is 14.3. The van der Waals surface area contributed by atoms with Gasteiger partial charge in [0.1, 0.15) is 5.01 Å². The van der Waals surface area contributed by atoms with Crippen LogP contribution in [0.2, 0.25) is 0 Å². The summed E-state index contributed by atoms with van der Waals surface area (Å²) in [5.74, 6) is 0.